The number of hydrogen-bond acceptors (Lipinski definition) is 4. The highest BCUT2D eigenvalue weighted by atomic mass is 16.7. The first-order chi connectivity index (χ1) is 6.44. The van der Waals surface area contributed by atoms with Crippen molar-refractivity contribution in [3.63, 3.8) is 0 Å². The molecule has 0 aliphatic heterocycles. The molecule has 0 fully saturated rings. The summed E-state index contributed by atoms with van der Waals surface area (Å²) in [5.74, 6) is -0.371. The van der Waals surface area contributed by atoms with E-state index in [0.29, 0.717) is 6.42 Å². The molecule has 5 nitrogen and oxygen atoms in total. The van der Waals surface area contributed by atoms with E-state index in [1.54, 1.807) is 13.8 Å². The average molecular weight is 235 g/mol. The van der Waals surface area contributed by atoms with Gasteiger partial charge >= 0.3 is 12.1 Å². The van der Waals surface area contributed by atoms with Crippen LogP contribution in [0.1, 0.15) is 42.0 Å². The Labute approximate surface area is 98.5 Å². The average Bonchev–Trinajstić information content (AvgIpc) is 2.17. The van der Waals surface area contributed by atoms with Crippen LogP contribution in [0.25, 0.3) is 0 Å². The summed E-state index contributed by atoms with van der Waals surface area (Å²) < 4.78 is 9.26. The standard InChI is InChI=1S/C9H17NO4.2CH4/c1-5-9(2,3)7(11)13-6-14-8(12)10-4;;/h5-6H2,1-4H3,(H,10,12);2*1H4. The van der Waals surface area contributed by atoms with E-state index < -0.39 is 11.5 Å². The lowest BCUT2D eigenvalue weighted by atomic mass is 9.91. The van der Waals surface area contributed by atoms with E-state index in [2.05, 4.69) is 10.1 Å². The van der Waals surface area contributed by atoms with Crippen molar-refractivity contribution in [1.82, 2.24) is 5.32 Å². The molecular weight excluding hydrogens is 210 g/mol. The predicted molar refractivity (Wildman–Crippen MR) is 64.0 cm³/mol. The molecule has 0 saturated carbocycles. The number of amides is 1. The molecule has 0 aromatic carbocycles. The second-order valence-electron chi connectivity index (χ2n) is 3.47. The highest BCUT2D eigenvalue weighted by molar-refractivity contribution is 5.75. The fourth-order valence-corrected chi connectivity index (χ4v) is 0.548. The van der Waals surface area contributed by atoms with Crippen molar-refractivity contribution in [1.29, 1.82) is 0 Å². The van der Waals surface area contributed by atoms with Gasteiger partial charge in [-0.25, -0.2) is 4.79 Å². The SMILES string of the molecule is C.C.CCC(C)(C)C(=O)OCOC(=O)NC. The van der Waals surface area contributed by atoms with Crippen LogP contribution in [0.15, 0.2) is 0 Å². The van der Waals surface area contributed by atoms with Gasteiger partial charge in [-0.05, 0) is 20.3 Å². The minimum absolute atomic E-state index is 0. The van der Waals surface area contributed by atoms with E-state index >= 15 is 0 Å². The Bertz CT molecular complexity index is 214. The molecule has 16 heavy (non-hydrogen) atoms. The van der Waals surface area contributed by atoms with Crippen molar-refractivity contribution in [2.24, 2.45) is 5.41 Å². The maximum Gasteiger partial charge on any atom is 0.409 e. The highest BCUT2D eigenvalue weighted by Crippen LogP contribution is 2.21. The van der Waals surface area contributed by atoms with Gasteiger partial charge in [0.1, 0.15) is 0 Å². The number of alkyl carbamates (subject to hydrolysis) is 1. The van der Waals surface area contributed by atoms with E-state index in [4.69, 9.17) is 4.74 Å². The van der Waals surface area contributed by atoms with E-state index in [0.717, 1.165) is 0 Å². The number of carbonyl (C=O) groups is 2. The fraction of sp³-hybridized carbons (Fsp3) is 0.818. The Kier molecular flexibility index (Phi) is 11.4. The monoisotopic (exact) mass is 235 g/mol. The molecule has 0 radical (unpaired) electrons. The van der Waals surface area contributed by atoms with E-state index in [1.165, 1.54) is 7.05 Å². The third-order valence-electron chi connectivity index (χ3n) is 2.02. The largest absolute Gasteiger partial charge is 0.427 e. The van der Waals surface area contributed by atoms with Crippen LogP contribution in [0.2, 0.25) is 0 Å². The molecule has 0 atom stereocenters. The van der Waals surface area contributed by atoms with Crippen LogP contribution in [-0.2, 0) is 14.3 Å². The molecule has 0 aromatic rings. The lowest BCUT2D eigenvalue weighted by Crippen LogP contribution is -2.28. The van der Waals surface area contributed by atoms with Gasteiger partial charge in [0.2, 0.25) is 6.79 Å². The minimum atomic E-state index is -0.618. The van der Waals surface area contributed by atoms with Crippen molar-refractivity contribution in [2.75, 3.05) is 13.8 Å². The summed E-state index contributed by atoms with van der Waals surface area (Å²) in [5, 5.41) is 2.24. The molecule has 0 rings (SSSR count). The molecule has 0 heterocycles. The van der Waals surface area contributed by atoms with E-state index in [9.17, 15) is 9.59 Å². The summed E-state index contributed by atoms with van der Waals surface area (Å²) in [7, 11) is 1.43. The first kappa shape index (κ1) is 20.2. The molecule has 5 heteroatoms. The van der Waals surface area contributed by atoms with Crippen molar-refractivity contribution >= 4 is 12.1 Å². The van der Waals surface area contributed by atoms with Gasteiger partial charge in [-0.1, -0.05) is 21.8 Å². The van der Waals surface area contributed by atoms with Crippen molar-refractivity contribution < 1.29 is 19.1 Å². The first-order valence-corrected chi connectivity index (χ1v) is 4.45. The molecule has 0 aliphatic rings. The summed E-state index contributed by atoms with van der Waals surface area (Å²) in [6.45, 7) is 5.09. The Balaban J connectivity index is -0.000000845. The lowest BCUT2D eigenvalue weighted by molar-refractivity contribution is -0.162. The van der Waals surface area contributed by atoms with Crippen LogP contribution in [0.4, 0.5) is 4.79 Å². The van der Waals surface area contributed by atoms with Crippen molar-refractivity contribution in [3.05, 3.63) is 0 Å². The van der Waals surface area contributed by atoms with Gasteiger partial charge in [0.15, 0.2) is 0 Å². The Morgan fingerprint density at radius 2 is 1.69 bits per heavy atom. The van der Waals surface area contributed by atoms with Gasteiger partial charge in [0.05, 0.1) is 5.41 Å². The molecule has 1 amide bonds. The Morgan fingerprint density at radius 3 is 2.06 bits per heavy atom. The van der Waals surface area contributed by atoms with Crippen LogP contribution in [-0.4, -0.2) is 25.9 Å². The van der Waals surface area contributed by atoms with Crippen molar-refractivity contribution in [3.8, 4) is 0 Å². The fourth-order valence-electron chi connectivity index (χ4n) is 0.548. The molecule has 0 aromatic heterocycles. The van der Waals surface area contributed by atoms with Gasteiger partial charge in [-0.15, -0.1) is 0 Å². The summed E-state index contributed by atoms with van der Waals surface area (Å²) in [6.07, 6.45) is 0.0540. The molecule has 0 aliphatic carbocycles. The topological polar surface area (TPSA) is 64.6 Å². The van der Waals surface area contributed by atoms with Gasteiger partial charge < -0.3 is 14.8 Å². The molecule has 0 saturated heterocycles. The maximum absolute atomic E-state index is 11.3. The van der Waals surface area contributed by atoms with Gasteiger partial charge in [-0.2, -0.15) is 0 Å². The van der Waals surface area contributed by atoms with Gasteiger partial charge in [0, 0.05) is 7.05 Å². The van der Waals surface area contributed by atoms with E-state index in [1.807, 2.05) is 6.92 Å². The zero-order valence-corrected chi connectivity index (χ0v) is 9.05. The smallest absolute Gasteiger partial charge is 0.409 e. The normalized spacial score (nSPS) is 9.25. The summed E-state index contributed by atoms with van der Waals surface area (Å²) >= 11 is 0. The zero-order valence-electron chi connectivity index (χ0n) is 9.05. The Morgan fingerprint density at radius 1 is 1.19 bits per heavy atom. The predicted octanol–water partition coefficient (Wildman–Crippen LogP) is 2.55. The molecular formula is C11H25NO4. The van der Waals surface area contributed by atoms with Crippen LogP contribution >= 0.6 is 0 Å². The maximum atomic E-state index is 11.3. The van der Waals surface area contributed by atoms with Crippen LogP contribution in [0.3, 0.4) is 0 Å². The van der Waals surface area contributed by atoms with Crippen LogP contribution < -0.4 is 5.32 Å². The van der Waals surface area contributed by atoms with Crippen LogP contribution in [0, 0.1) is 5.41 Å². The second kappa shape index (κ2) is 9.00. The quantitative estimate of drug-likeness (QED) is 0.600. The lowest BCUT2D eigenvalue weighted by Gasteiger charge is -2.19. The molecule has 98 valence electrons. The molecule has 0 unspecified atom stereocenters. The number of hydrogen-bond donors (Lipinski definition) is 1. The second-order valence-corrected chi connectivity index (χ2v) is 3.47. The number of ether oxygens (including phenoxy) is 2. The number of rotatable bonds is 4. The summed E-state index contributed by atoms with van der Waals surface area (Å²) in [4.78, 5) is 21.9. The minimum Gasteiger partial charge on any atom is -0.427 e. The molecule has 1 N–H and O–H groups in total. The molecule has 0 bridgehead atoms. The number of nitrogens with one attached hydrogen (secondary N) is 1. The first-order valence-electron chi connectivity index (χ1n) is 4.45. The third-order valence-corrected chi connectivity index (χ3v) is 2.02. The molecule has 0 spiro atoms. The summed E-state index contributed by atoms with van der Waals surface area (Å²) in [6, 6.07) is 0. The van der Waals surface area contributed by atoms with E-state index in [-0.39, 0.29) is 27.6 Å². The number of carbonyl (C=O) groups excluding carboxylic acids is 2. The zero-order chi connectivity index (χ0) is 11.2. The number of esters is 1. The van der Waals surface area contributed by atoms with Crippen LogP contribution in [0.5, 0.6) is 0 Å². The summed E-state index contributed by atoms with van der Waals surface area (Å²) in [5.41, 5.74) is -0.536. The Hall–Kier alpha value is -1.26. The highest BCUT2D eigenvalue weighted by Gasteiger charge is 2.27. The van der Waals surface area contributed by atoms with Gasteiger partial charge in [0.25, 0.3) is 0 Å². The van der Waals surface area contributed by atoms with Crippen molar-refractivity contribution in [2.45, 2.75) is 42.0 Å². The third kappa shape index (κ3) is 7.09. The van der Waals surface area contributed by atoms with Gasteiger partial charge in [-0.3, -0.25) is 4.79 Å².